The van der Waals surface area contributed by atoms with Crippen LogP contribution in [-0.2, 0) is 16.4 Å². The molecule has 1 aliphatic rings. The van der Waals surface area contributed by atoms with Crippen molar-refractivity contribution in [3.05, 3.63) is 29.8 Å². The fraction of sp³-hybridized carbons (Fsp3) is 0.538. The van der Waals surface area contributed by atoms with Crippen LogP contribution in [0.4, 0.5) is 0 Å². The van der Waals surface area contributed by atoms with Gasteiger partial charge in [-0.1, -0.05) is 25.1 Å². The lowest BCUT2D eigenvalue weighted by Crippen LogP contribution is -2.45. The molecule has 0 aromatic heterocycles. The van der Waals surface area contributed by atoms with Crippen LogP contribution >= 0.6 is 12.4 Å². The number of halogens is 1. The zero-order valence-electron chi connectivity index (χ0n) is 11.1. The summed E-state index contributed by atoms with van der Waals surface area (Å²) in [5.41, 5.74) is 0.869. The summed E-state index contributed by atoms with van der Waals surface area (Å²) in [4.78, 5) is 0.415. The summed E-state index contributed by atoms with van der Waals surface area (Å²) in [7, 11) is -3.39. The average Bonchev–Trinajstić information content (AvgIpc) is 2.39. The standard InChI is InChI=1S/C13H20N2O2S.ClH/c1-2-11-6-3-4-8-13(11)18(16,17)15-12-7-5-9-14-10-12;/h3-4,6,8,12,14-15H,2,5,7,9-10H2,1H3;1H. The van der Waals surface area contributed by atoms with Crippen LogP contribution in [0.25, 0.3) is 0 Å². The van der Waals surface area contributed by atoms with Gasteiger partial charge < -0.3 is 5.32 Å². The maximum Gasteiger partial charge on any atom is 0.241 e. The van der Waals surface area contributed by atoms with Gasteiger partial charge in [0.05, 0.1) is 4.90 Å². The molecule has 0 amide bonds. The molecule has 1 aromatic carbocycles. The van der Waals surface area contributed by atoms with Gasteiger partial charge in [-0.25, -0.2) is 13.1 Å². The Hall–Kier alpha value is -0.620. The average molecular weight is 305 g/mol. The number of hydrogen-bond acceptors (Lipinski definition) is 3. The summed E-state index contributed by atoms with van der Waals surface area (Å²) >= 11 is 0. The van der Waals surface area contributed by atoms with E-state index in [1.54, 1.807) is 12.1 Å². The van der Waals surface area contributed by atoms with E-state index in [9.17, 15) is 8.42 Å². The Balaban J connectivity index is 0.00000180. The van der Waals surface area contributed by atoms with Gasteiger partial charge in [-0.3, -0.25) is 0 Å². The van der Waals surface area contributed by atoms with Gasteiger partial charge in [0.25, 0.3) is 0 Å². The Kier molecular flexibility index (Phi) is 6.26. The van der Waals surface area contributed by atoms with Crippen LogP contribution in [0.1, 0.15) is 25.3 Å². The topological polar surface area (TPSA) is 58.2 Å². The van der Waals surface area contributed by atoms with Crippen LogP contribution in [0, 0.1) is 0 Å². The minimum atomic E-state index is -3.39. The van der Waals surface area contributed by atoms with E-state index < -0.39 is 10.0 Å². The minimum Gasteiger partial charge on any atom is -0.315 e. The predicted octanol–water partition coefficient (Wildman–Crippen LogP) is 1.70. The lowest BCUT2D eigenvalue weighted by atomic mass is 10.1. The number of nitrogens with one attached hydrogen (secondary N) is 2. The van der Waals surface area contributed by atoms with E-state index in [2.05, 4.69) is 10.0 Å². The molecule has 1 unspecified atom stereocenters. The predicted molar refractivity (Wildman–Crippen MR) is 79.3 cm³/mol. The van der Waals surface area contributed by atoms with Gasteiger partial charge in [0, 0.05) is 12.6 Å². The summed E-state index contributed by atoms with van der Waals surface area (Å²) in [5.74, 6) is 0. The first kappa shape index (κ1) is 16.4. The molecule has 0 bridgehead atoms. The van der Waals surface area contributed by atoms with Crippen molar-refractivity contribution in [3.63, 3.8) is 0 Å². The molecule has 0 aliphatic carbocycles. The summed E-state index contributed by atoms with van der Waals surface area (Å²) in [6, 6.07) is 7.20. The largest absolute Gasteiger partial charge is 0.315 e. The van der Waals surface area contributed by atoms with Crippen LogP contribution in [0.15, 0.2) is 29.2 Å². The molecule has 0 spiro atoms. The van der Waals surface area contributed by atoms with E-state index in [1.165, 1.54) is 0 Å². The first-order valence-electron chi connectivity index (χ1n) is 6.44. The van der Waals surface area contributed by atoms with E-state index in [0.717, 1.165) is 31.4 Å². The van der Waals surface area contributed by atoms with Crippen LogP contribution in [0.5, 0.6) is 0 Å². The van der Waals surface area contributed by atoms with Gasteiger partial charge in [0.15, 0.2) is 0 Å². The highest BCUT2D eigenvalue weighted by Crippen LogP contribution is 2.17. The monoisotopic (exact) mass is 304 g/mol. The van der Waals surface area contributed by atoms with E-state index in [-0.39, 0.29) is 18.4 Å². The normalized spacial score (nSPS) is 19.7. The van der Waals surface area contributed by atoms with Crippen molar-refractivity contribution in [1.82, 2.24) is 10.0 Å². The van der Waals surface area contributed by atoms with Crippen LogP contribution in [-0.4, -0.2) is 27.5 Å². The number of rotatable bonds is 4. The van der Waals surface area contributed by atoms with Gasteiger partial charge in [-0.15, -0.1) is 12.4 Å². The van der Waals surface area contributed by atoms with Gasteiger partial charge in [0.1, 0.15) is 0 Å². The maximum atomic E-state index is 12.3. The number of sulfonamides is 1. The Morgan fingerprint density at radius 1 is 1.37 bits per heavy atom. The lowest BCUT2D eigenvalue weighted by molar-refractivity contribution is 0.428. The molecule has 1 fully saturated rings. The van der Waals surface area contributed by atoms with Crippen molar-refractivity contribution in [2.75, 3.05) is 13.1 Å². The SMILES string of the molecule is CCc1ccccc1S(=O)(=O)NC1CCCNC1.Cl. The van der Waals surface area contributed by atoms with Crippen molar-refractivity contribution in [1.29, 1.82) is 0 Å². The molecular weight excluding hydrogens is 284 g/mol. The molecule has 2 rings (SSSR count). The summed E-state index contributed by atoms with van der Waals surface area (Å²) in [6.45, 7) is 3.66. The zero-order chi connectivity index (χ0) is 13.0. The Morgan fingerprint density at radius 2 is 2.11 bits per heavy atom. The molecule has 1 saturated heterocycles. The summed E-state index contributed by atoms with van der Waals surface area (Å²) in [5, 5.41) is 3.21. The molecule has 4 nitrogen and oxygen atoms in total. The maximum absolute atomic E-state index is 12.3. The molecule has 1 aromatic rings. The zero-order valence-corrected chi connectivity index (χ0v) is 12.7. The number of aryl methyl sites for hydroxylation is 1. The van der Waals surface area contributed by atoms with Gasteiger partial charge in [-0.2, -0.15) is 0 Å². The molecule has 2 N–H and O–H groups in total. The summed E-state index contributed by atoms with van der Waals surface area (Å²) in [6.07, 6.45) is 2.64. The van der Waals surface area contributed by atoms with Gasteiger partial charge in [0.2, 0.25) is 10.0 Å². The smallest absolute Gasteiger partial charge is 0.241 e. The number of piperidine rings is 1. The van der Waals surface area contributed by atoms with Crippen LogP contribution in [0.3, 0.4) is 0 Å². The Bertz CT molecular complexity index is 499. The van der Waals surface area contributed by atoms with Gasteiger partial charge in [-0.05, 0) is 37.4 Å². The first-order valence-corrected chi connectivity index (χ1v) is 7.93. The second-order valence-corrected chi connectivity index (χ2v) is 6.31. The third kappa shape index (κ3) is 4.18. The highest BCUT2D eigenvalue weighted by molar-refractivity contribution is 7.89. The molecular formula is C13H21ClN2O2S. The summed E-state index contributed by atoms with van der Waals surface area (Å²) < 4.78 is 27.5. The van der Waals surface area contributed by atoms with Crippen molar-refractivity contribution in [2.24, 2.45) is 0 Å². The van der Waals surface area contributed by atoms with Crippen LogP contribution < -0.4 is 10.0 Å². The molecule has 0 saturated carbocycles. The molecule has 1 heterocycles. The van der Waals surface area contributed by atoms with Gasteiger partial charge >= 0.3 is 0 Å². The molecule has 6 heteroatoms. The van der Waals surface area contributed by atoms with Crippen molar-refractivity contribution in [3.8, 4) is 0 Å². The number of benzene rings is 1. The molecule has 1 aliphatic heterocycles. The highest BCUT2D eigenvalue weighted by atomic mass is 35.5. The molecule has 108 valence electrons. The van der Waals surface area contributed by atoms with Crippen molar-refractivity contribution in [2.45, 2.75) is 37.1 Å². The number of hydrogen-bond donors (Lipinski definition) is 2. The third-order valence-electron chi connectivity index (χ3n) is 3.26. The van der Waals surface area contributed by atoms with E-state index in [4.69, 9.17) is 0 Å². The quantitative estimate of drug-likeness (QED) is 0.890. The third-order valence-corrected chi connectivity index (χ3v) is 4.88. The molecule has 19 heavy (non-hydrogen) atoms. The Labute approximate surface area is 121 Å². The van der Waals surface area contributed by atoms with Crippen molar-refractivity contribution < 1.29 is 8.42 Å². The van der Waals surface area contributed by atoms with Crippen LogP contribution in [0.2, 0.25) is 0 Å². The minimum absolute atomic E-state index is 0. The fourth-order valence-corrected chi connectivity index (χ4v) is 3.88. The fourth-order valence-electron chi connectivity index (χ4n) is 2.29. The molecule has 1 atom stereocenters. The van der Waals surface area contributed by atoms with E-state index in [1.807, 2.05) is 19.1 Å². The molecule has 0 radical (unpaired) electrons. The lowest BCUT2D eigenvalue weighted by Gasteiger charge is -2.24. The first-order chi connectivity index (χ1) is 8.63. The highest BCUT2D eigenvalue weighted by Gasteiger charge is 2.23. The second-order valence-electron chi connectivity index (χ2n) is 4.63. The Morgan fingerprint density at radius 3 is 2.74 bits per heavy atom. The van der Waals surface area contributed by atoms with E-state index in [0.29, 0.717) is 11.4 Å². The van der Waals surface area contributed by atoms with Crippen molar-refractivity contribution >= 4 is 22.4 Å². The van der Waals surface area contributed by atoms with E-state index >= 15 is 0 Å². The second kappa shape index (κ2) is 7.24.